The van der Waals surface area contributed by atoms with Gasteiger partial charge in [0.1, 0.15) is 0 Å². The zero-order valence-electron chi connectivity index (χ0n) is 16.5. The molecule has 6 nitrogen and oxygen atoms in total. The van der Waals surface area contributed by atoms with E-state index in [1.165, 1.54) is 4.88 Å². The predicted octanol–water partition coefficient (Wildman–Crippen LogP) is 4.24. The average molecular weight is 419 g/mol. The maximum Gasteiger partial charge on any atom is 0.256 e. The van der Waals surface area contributed by atoms with E-state index in [2.05, 4.69) is 26.8 Å². The van der Waals surface area contributed by atoms with Gasteiger partial charge in [0.2, 0.25) is 0 Å². The maximum absolute atomic E-state index is 12.9. The number of ether oxygens (including phenoxy) is 1. The van der Waals surface area contributed by atoms with Crippen molar-refractivity contribution in [2.75, 3.05) is 36.5 Å². The Balaban J connectivity index is 1.36. The number of nitrogens with one attached hydrogen (secondary N) is 1. The number of hydrogen-bond acceptors (Lipinski definition) is 5. The highest BCUT2D eigenvalue weighted by Gasteiger charge is 2.16. The van der Waals surface area contributed by atoms with Crippen molar-refractivity contribution in [3.05, 3.63) is 76.5 Å². The number of aromatic nitrogens is 2. The number of para-hydroxylation sites is 1. The summed E-state index contributed by atoms with van der Waals surface area (Å²) in [5.74, 6) is 0.430. The molecule has 0 saturated carbocycles. The monoisotopic (exact) mass is 418 g/mol. The van der Waals surface area contributed by atoms with Crippen LogP contribution in [0.5, 0.6) is 0 Å². The SMILES string of the molecule is O=C(Nc1nn(Cc2cccs2)c2ccccc12)c1ccc(N2CCOCC2)cc1. The van der Waals surface area contributed by atoms with Crippen LogP contribution < -0.4 is 10.2 Å². The van der Waals surface area contributed by atoms with Crippen LogP contribution in [-0.4, -0.2) is 42.0 Å². The van der Waals surface area contributed by atoms with Crippen LogP contribution in [0.4, 0.5) is 11.5 Å². The van der Waals surface area contributed by atoms with Crippen LogP contribution in [0.25, 0.3) is 10.9 Å². The highest BCUT2D eigenvalue weighted by molar-refractivity contribution is 7.09. The zero-order valence-corrected chi connectivity index (χ0v) is 17.3. The first kappa shape index (κ1) is 18.8. The van der Waals surface area contributed by atoms with E-state index in [1.54, 1.807) is 11.3 Å². The van der Waals surface area contributed by atoms with E-state index in [1.807, 2.05) is 59.3 Å². The topological polar surface area (TPSA) is 59.4 Å². The molecule has 2 aromatic carbocycles. The van der Waals surface area contributed by atoms with Gasteiger partial charge in [0.05, 0.1) is 25.3 Å². The Bertz CT molecular complexity index is 1150. The highest BCUT2D eigenvalue weighted by Crippen LogP contribution is 2.25. The molecule has 3 heterocycles. The fourth-order valence-electron chi connectivity index (χ4n) is 3.72. The number of fused-ring (bicyclic) bond motifs is 1. The first-order chi connectivity index (χ1) is 14.8. The van der Waals surface area contributed by atoms with Crippen LogP contribution in [0.3, 0.4) is 0 Å². The molecule has 0 spiro atoms. The van der Waals surface area contributed by atoms with E-state index in [-0.39, 0.29) is 5.91 Å². The first-order valence-corrected chi connectivity index (χ1v) is 10.9. The number of nitrogens with zero attached hydrogens (tertiary/aromatic N) is 3. The summed E-state index contributed by atoms with van der Waals surface area (Å²) < 4.78 is 7.35. The van der Waals surface area contributed by atoms with Crippen LogP contribution in [0, 0.1) is 0 Å². The van der Waals surface area contributed by atoms with E-state index >= 15 is 0 Å². The lowest BCUT2D eigenvalue weighted by Crippen LogP contribution is -2.36. The molecule has 1 N–H and O–H groups in total. The second-order valence-electron chi connectivity index (χ2n) is 7.20. The van der Waals surface area contributed by atoms with Gasteiger partial charge in [0.25, 0.3) is 5.91 Å². The lowest BCUT2D eigenvalue weighted by molar-refractivity contribution is 0.102. The summed E-state index contributed by atoms with van der Waals surface area (Å²) in [6, 6.07) is 19.8. The minimum atomic E-state index is -0.157. The summed E-state index contributed by atoms with van der Waals surface area (Å²) in [5, 5.41) is 10.7. The highest BCUT2D eigenvalue weighted by atomic mass is 32.1. The van der Waals surface area contributed by atoms with Crippen LogP contribution in [0.2, 0.25) is 0 Å². The van der Waals surface area contributed by atoms with Crippen molar-refractivity contribution in [2.24, 2.45) is 0 Å². The molecule has 1 amide bonds. The van der Waals surface area contributed by atoms with Gasteiger partial charge in [-0.15, -0.1) is 11.3 Å². The number of rotatable bonds is 5. The van der Waals surface area contributed by atoms with Crippen molar-refractivity contribution in [1.29, 1.82) is 0 Å². The minimum absolute atomic E-state index is 0.157. The number of hydrogen-bond donors (Lipinski definition) is 1. The smallest absolute Gasteiger partial charge is 0.256 e. The largest absolute Gasteiger partial charge is 0.378 e. The molecule has 30 heavy (non-hydrogen) atoms. The Kier molecular flexibility index (Phi) is 5.21. The van der Waals surface area contributed by atoms with Crippen molar-refractivity contribution in [3.8, 4) is 0 Å². The van der Waals surface area contributed by atoms with Gasteiger partial charge < -0.3 is 15.0 Å². The van der Waals surface area contributed by atoms with E-state index in [0.717, 1.165) is 42.9 Å². The minimum Gasteiger partial charge on any atom is -0.378 e. The zero-order chi connectivity index (χ0) is 20.3. The Morgan fingerprint density at radius 2 is 1.83 bits per heavy atom. The van der Waals surface area contributed by atoms with Gasteiger partial charge in [-0.2, -0.15) is 5.10 Å². The van der Waals surface area contributed by atoms with Gasteiger partial charge in [0.15, 0.2) is 5.82 Å². The molecular formula is C23H22N4O2S. The second-order valence-corrected chi connectivity index (χ2v) is 8.24. The Morgan fingerprint density at radius 1 is 1.03 bits per heavy atom. The number of carbonyl (C=O) groups excluding carboxylic acids is 1. The molecular weight excluding hydrogens is 396 g/mol. The van der Waals surface area contributed by atoms with Crippen LogP contribution in [-0.2, 0) is 11.3 Å². The summed E-state index contributed by atoms with van der Waals surface area (Å²) in [6.45, 7) is 3.91. The molecule has 152 valence electrons. The van der Waals surface area contributed by atoms with Crippen molar-refractivity contribution in [2.45, 2.75) is 6.54 Å². The number of carbonyl (C=O) groups is 1. The molecule has 0 aliphatic carbocycles. The molecule has 4 aromatic rings. The second kappa shape index (κ2) is 8.30. The van der Waals surface area contributed by atoms with Crippen LogP contribution >= 0.6 is 11.3 Å². The average Bonchev–Trinajstić information content (AvgIpc) is 3.43. The lowest BCUT2D eigenvalue weighted by Gasteiger charge is -2.28. The van der Waals surface area contributed by atoms with E-state index in [0.29, 0.717) is 17.9 Å². The fraction of sp³-hybridized carbons (Fsp3) is 0.217. The first-order valence-electron chi connectivity index (χ1n) is 10.00. The van der Waals surface area contributed by atoms with Gasteiger partial charge >= 0.3 is 0 Å². The Hall–Kier alpha value is -3.16. The fourth-order valence-corrected chi connectivity index (χ4v) is 4.40. The van der Waals surface area contributed by atoms with E-state index < -0.39 is 0 Å². The molecule has 7 heteroatoms. The van der Waals surface area contributed by atoms with E-state index in [4.69, 9.17) is 4.74 Å². The molecule has 5 rings (SSSR count). The van der Waals surface area contributed by atoms with Gasteiger partial charge in [-0.3, -0.25) is 9.48 Å². The van der Waals surface area contributed by atoms with Crippen LogP contribution in [0.15, 0.2) is 66.0 Å². The molecule has 0 atom stereocenters. The van der Waals surface area contributed by atoms with Crippen molar-refractivity contribution < 1.29 is 9.53 Å². The van der Waals surface area contributed by atoms with Crippen molar-refractivity contribution in [3.63, 3.8) is 0 Å². The molecule has 2 aromatic heterocycles. The van der Waals surface area contributed by atoms with Crippen LogP contribution in [0.1, 0.15) is 15.2 Å². The Morgan fingerprint density at radius 3 is 2.60 bits per heavy atom. The summed E-state index contributed by atoms with van der Waals surface area (Å²) in [4.78, 5) is 16.4. The van der Waals surface area contributed by atoms with Gasteiger partial charge in [-0.05, 0) is 47.8 Å². The third-order valence-electron chi connectivity index (χ3n) is 5.28. The van der Waals surface area contributed by atoms with Crippen molar-refractivity contribution in [1.82, 2.24) is 9.78 Å². The molecule has 1 fully saturated rings. The summed E-state index contributed by atoms with van der Waals surface area (Å²) >= 11 is 1.70. The predicted molar refractivity (Wildman–Crippen MR) is 121 cm³/mol. The number of thiophene rings is 1. The Labute approximate surface area is 178 Å². The standard InChI is InChI=1S/C23H22N4O2S/c28-23(17-7-9-18(10-8-17)26-11-13-29-14-12-26)24-22-20-5-1-2-6-21(20)27(25-22)16-19-4-3-15-30-19/h1-10,15H,11-14,16H2,(H,24,25,28). The summed E-state index contributed by atoms with van der Waals surface area (Å²) in [5.41, 5.74) is 2.73. The van der Waals surface area contributed by atoms with Crippen molar-refractivity contribution >= 4 is 39.7 Å². The van der Waals surface area contributed by atoms with Gasteiger partial charge in [0, 0.05) is 34.6 Å². The normalized spacial score (nSPS) is 14.2. The molecule has 1 saturated heterocycles. The number of benzene rings is 2. The molecule has 0 unspecified atom stereocenters. The molecule has 1 aliphatic rings. The number of amides is 1. The third-order valence-corrected chi connectivity index (χ3v) is 6.14. The quantitative estimate of drug-likeness (QED) is 0.527. The third kappa shape index (κ3) is 3.81. The van der Waals surface area contributed by atoms with E-state index in [9.17, 15) is 4.79 Å². The number of anilines is 2. The molecule has 0 radical (unpaired) electrons. The maximum atomic E-state index is 12.9. The molecule has 1 aliphatic heterocycles. The lowest BCUT2D eigenvalue weighted by atomic mass is 10.1. The van der Waals surface area contributed by atoms with Gasteiger partial charge in [-0.25, -0.2) is 0 Å². The van der Waals surface area contributed by atoms with Gasteiger partial charge in [-0.1, -0.05) is 18.2 Å². The molecule has 0 bridgehead atoms. The summed E-state index contributed by atoms with van der Waals surface area (Å²) in [7, 11) is 0. The number of morpholine rings is 1. The summed E-state index contributed by atoms with van der Waals surface area (Å²) in [6.07, 6.45) is 0.